The van der Waals surface area contributed by atoms with Crippen LogP contribution in [0.1, 0.15) is 79.4 Å². The van der Waals surface area contributed by atoms with Crippen LogP contribution in [0.15, 0.2) is 48.1 Å². The van der Waals surface area contributed by atoms with E-state index >= 15 is 0 Å². The third-order valence-corrected chi connectivity index (χ3v) is 15.5. The smallest absolute Gasteiger partial charge is 0.460 e. The summed E-state index contributed by atoms with van der Waals surface area (Å²) in [6.07, 6.45) is -5.27. The van der Waals surface area contributed by atoms with Crippen LogP contribution in [0, 0.1) is 5.92 Å². The number of halogens is 17. The number of rotatable bonds is 24. The van der Waals surface area contributed by atoms with Gasteiger partial charge in [0.15, 0.2) is 8.32 Å². The molecule has 0 aliphatic rings. The zero-order chi connectivity index (χ0) is 47.1. The number of ether oxygens (including phenoxy) is 2. The molecular weight excluding hydrogens is 875 g/mol. The summed E-state index contributed by atoms with van der Waals surface area (Å²) in [5, 5.41) is 10.8. The number of aliphatic hydroxyl groups excluding tert-OH is 1. The molecular formula is C37H47F17O5Si. The van der Waals surface area contributed by atoms with Crippen LogP contribution in [0.2, 0.25) is 17.1 Å². The van der Waals surface area contributed by atoms with Crippen molar-refractivity contribution in [3.05, 3.63) is 53.6 Å². The van der Waals surface area contributed by atoms with Crippen LogP contribution in [0.5, 0.6) is 5.75 Å². The molecule has 60 heavy (non-hydrogen) atoms. The molecule has 0 aliphatic heterocycles. The standard InChI is InChI=1S/C37H47F17O5Si/c1-8-57-28(55)21-24(6)11-9-10-12-25(7)29(56)26-13-15-27(16-14-26)58-18-19-59-60(22(2)3,23(4)5)20-17-30(38,39)31(40,41)32(42,43)33(44,45)34(46,47)35(48,49)36(50,51)37(52,53)54/h9,11,13-16,21-23,25,29,56H,8,10,12,17-20H2,1-7H3/b11-9+,24-21+/t25-,29-/m0/s1. The number of esters is 1. The van der Waals surface area contributed by atoms with Gasteiger partial charge in [0.1, 0.15) is 12.4 Å². The molecule has 0 unspecified atom stereocenters. The zero-order valence-corrected chi connectivity index (χ0v) is 34.3. The SMILES string of the molecule is CCOC(=O)/C=C(C)/C=C/CC[C@H](C)[C@H](O)c1ccc(OCCO[Si](CCC(F)(F)C(F)(F)C(F)(F)C(F)(F)C(F)(F)C(F)(F)C(F)(F)C(F)(F)F)(C(C)C)C(C)C)cc1. The monoisotopic (exact) mass is 922 g/mol. The molecule has 1 N–H and O–H groups in total. The van der Waals surface area contributed by atoms with Crippen molar-refractivity contribution in [3.63, 3.8) is 0 Å². The van der Waals surface area contributed by atoms with E-state index < -0.39 is 98.2 Å². The van der Waals surface area contributed by atoms with Gasteiger partial charge in [-0.25, -0.2) is 4.79 Å². The summed E-state index contributed by atoms with van der Waals surface area (Å²) in [6, 6.07) is 4.66. The van der Waals surface area contributed by atoms with E-state index in [-0.39, 0.29) is 24.9 Å². The molecule has 5 nitrogen and oxygen atoms in total. The fourth-order valence-corrected chi connectivity index (χ4v) is 10.5. The fraction of sp³-hybridized carbons (Fsp3) is 0.703. The average molecular weight is 923 g/mol. The van der Waals surface area contributed by atoms with Crippen LogP contribution in [0.25, 0.3) is 0 Å². The van der Waals surface area contributed by atoms with Crippen molar-refractivity contribution in [2.45, 2.75) is 139 Å². The molecule has 2 atom stereocenters. The molecule has 23 heteroatoms. The molecule has 0 bridgehead atoms. The van der Waals surface area contributed by atoms with E-state index in [0.717, 1.165) is 0 Å². The number of hydrogen-bond acceptors (Lipinski definition) is 5. The predicted octanol–water partition coefficient (Wildman–Crippen LogP) is 12.8. The van der Waals surface area contributed by atoms with Crippen LogP contribution in [-0.2, 0) is 14.0 Å². The van der Waals surface area contributed by atoms with E-state index in [1.807, 2.05) is 6.08 Å². The van der Waals surface area contributed by atoms with Gasteiger partial charge in [-0.05, 0) is 73.0 Å². The largest absolute Gasteiger partial charge is 0.491 e. The molecule has 1 aromatic carbocycles. The van der Waals surface area contributed by atoms with Gasteiger partial charge in [-0.2, -0.15) is 74.6 Å². The van der Waals surface area contributed by atoms with Gasteiger partial charge in [-0.15, -0.1) is 0 Å². The van der Waals surface area contributed by atoms with Crippen LogP contribution < -0.4 is 4.74 Å². The summed E-state index contributed by atoms with van der Waals surface area (Å²) in [6.45, 7) is 9.92. The quantitative estimate of drug-likeness (QED) is 0.0279. The fourth-order valence-electron chi connectivity index (χ4n) is 6.04. The van der Waals surface area contributed by atoms with E-state index in [1.165, 1.54) is 58.0 Å². The van der Waals surface area contributed by atoms with Crippen molar-refractivity contribution in [2.24, 2.45) is 5.92 Å². The van der Waals surface area contributed by atoms with Gasteiger partial charge in [0.25, 0.3) is 0 Å². The Morgan fingerprint density at radius 1 is 0.717 bits per heavy atom. The summed E-state index contributed by atoms with van der Waals surface area (Å²) >= 11 is 0. The molecule has 1 aromatic rings. The Morgan fingerprint density at radius 3 is 1.63 bits per heavy atom. The van der Waals surface area contributed by atoms with E-state index in [2.05, 4.69) is 0 Å². The molecule has 0 aliphatic carbocycles. The molecule has 0 heterocycles. The van der Waals surface area contributed by atoms with E-state index in [0.29, 0.717) is 24.0 Å². The van der Waals surface area contributed by atoms with Crippen molar-refractivity contribution in [1.29, 1.82) is 0 Å². The first kappa shape index (κ1) is 54.9. The van der Waals surface area contributed by atoms with Crippen molar-refractivity contribution in [1.82, 2.24) is 0 Å². The Bertz CT molecular complexity index is 1590. The first-order chi connectivity index (χ1) is 27.0. The molecule has 0 amide bonds. The number of benzene rings is 1. The summed E-state index contributed by atoms with van der Waals surface area (Å²) in [5.74, 6) is -57.2. The second kappa shape index (κ2) is 20.0. The molecule has 348 valence electrons. The number of hydrogen-bond donors (Lipinski definition) is 1. The molecule has 0 aromatic heterocycles. The average Bonchev–Trinajstić information content (AvgIpc) is 3.11. The molecule has 0 fully saturated rings. The van der Waals surface area contributed by atoms with Crippen LogP contribution in [-0.4, -0.2) is 86.8 Å². The van der Waals surface area contributed by atoms with Crippen LogP contribution in [0.3, 0.4) is 0 Å². The number of alkyl halides is 17. The highest BCUT2D eigenvalue weighted by Gasteiger charge is 2.95. The highest BCUT2D eigenvalue weighted by Crippen LogP contribution is 2.64. The van der Waals surface area contributed by atoms with E-state index in [9.17, 15) is 84.5 Å². The lowest BCUT2D eigenvalue weighted by molar-refractivity contribution is -0.461. The normalized spacial score (nSPS) is 15.9. The molecule has 0 saturated heterocycles. The lowest BCUT2D eigenvalue weighted by atomic mass is 9.88. The van der Waals surface area contributed by atoms with Crippen LogP contribution in [0.4, 0.5) is 74.6 Å². The molecule has 0 spiro atoms. The molecule has 0 radical (unpaired) electrons. The van der Waals surface area contributed by atoms with Gasteiger partial charge < -0.3 is 19.0 Å². The topological polar surface area (TPSA) is 65.0 Å². The summed E-state index contributed by atoms with van der Waals surface area (Å²) < 4.78 is 251. The van der Waals surface area contributed by atoms with E-state index in [1.54, 1.807) is 26.8 Å². The van der Waals surface area contributed by atoms with Crippen molar-refractivity contribution < 1.29 is 98.4 Å². The maximum absolute atomic E-state index is 14.9. The highest BCUT2D eigenvalue weighted by molar-refractivity contribution is 6.76. The van der Waals surface area contributed by atoms with Crippen molar-refractivity contribution in [2.75, 3.05) is 19.8 Å². The Balaban J connectivity index is 3.10. The number of carbonyl (C=O) groups is 1. The van der Waals surface area contributed by atoms with Gasteiger partial charge in [-0.1, -0.05) is 58.9 Å². The Kier molecular flexibility index (Phi) is 18.3. The first-order valence-corrected chi connectivity index (χ1v) is 20.5. The van der Waals surface area contributed by atoms with Gasteiger partial charge in [0.2, 0.25) is 0 Å². The second-order valence-corrected chi connectivity index (χ2v) is 19.7. The molecule has 1 rings (SSSR count). The van der Waals surface area contributed by atoms with Crippen molar-refractivity contribution in [3.8, 4) is 5.75 Å². The Morgan fingerprint density at radius 2 is 1.18 bits per heavy atom. The molecule has 0 saturated carbocycles. The number of carbonyl (C=O) groups excluding carboxylic acids is 1. The zero-order valence-electron chi connectivity index (χ0n) is 33.3. The minimum atomic E-state index is -8.68. The summed E-state index contributed by atoms with van der Waals surface area (Å²) in [7, 11) is -3.94. The minimum Gasteiger partial charge on any atom is -0.491 e. The number of allylic oxidation sites excluding steroid dienone is 3. The van der Waals surface area contributed by atoms with Gasteiger partial charge in [0.05, 0.1) is 19.3 Å². The Labute approximate surface area is 336 Å². The van der Waals surface area contributed by atoms with Crippen molar-refractivity contribution >= 4 is 14.3 Å². The summed E-state index contributed by atoms with van der Waals surface area (Å²) in [4.78, 5) is 11.5. The van der Waals surface area contributed by atoms with Gasteiger partial charge in [-0.3, -0.25) is 0 Å². The lowest BCUT2D eigenvalue weighted by Crippen LogP contribution is -2.74. The van der Waals surface area contributed by atoms with Gasteiger partial charge >= 0.3 is 53.6 Å². The lowest BCUT2D eigenvalue weighted by Gasteiger charge is -2.44. The third kappa shape index (κ3) is 11.3. The summed E-state index contributed by atoms with van der Waals surface area (Å²) in [5.41, 5.74) is -0.531. The number of aliphatic hydroxyl groups is 1. The van der Waals surface area contributed by atoms with Gasteiger partial charge in [0, 0.05) is 12.5 Å². The maximum atomic E-state index is 14.9. The predicted molar refractivity (Wildman–Crippen MR) is 187 cm³/mol. The maximum Gasteiger partial charge on any atom is 0.460 e. The Hall–Kier alpha value is -3.08. The highest BCUT2D eigenvalue weighted by atomic mass is 28.4. The third-order valence-electron chi connectivity index (χ3n) is 9.86. The van der Waals surface area contributed by atoms with Crippen LogP contribution >= 0.6 is 0 Å². The van der Waals surface area contributed by atoms with E-state index in [4.69, 9.17) is 13.9 Å². The second-order valence-electron chi connectivity index (χ2n) is 14.7. The minimum absolute atomic E-state index is 0.195. The first-order valence-electron chi connectivity index (χ1n) is 18.2.